The molecular weight excluding hydrogens is 481 g/mol. The van der Waals surface area contributed by atoms with Crippen LogP contribution in [0.3, 0.4) is 0 Å². The average molecular weight is 505 g/mol. The number of ether oxygens (including phenoxy) is 2. The fourth-order valence-corrected chi connectivity index (χ4v) is 4.03. The molecule has 0 spiro atoms. The monoisotopic (exact) mass is 504 g/mol. The summed E-state index contributed by atoms with van der Waals surface area (Å²) in [6.45, 7) is 1.64. The van der Waals surface area contributed by atoms with Gasteiger partial charge >= 0.3 is 6.18 Å². The Morgan fingerprint density at radius 3 is 2.17 bits per heavy atom. The quantitative estimate of drug-likeness (QED) is 0.363. The number of anilines is 2. The molecule has 1 unspecified atom stereocenters. The molecule has 3 rings (SSSR count). The number of benzene rings is 3. The van der Waals surface area contributed by atoms with Gasteiger partial charge in [0.2, 0.25) is 5.91 Å². The predicted molar refractivity (Wildman–Crippen MR) is 129 cm³/mol. The van der Waals surface area contributed by atoms with E-state index in [4.69, 9.17) is 9.47 Å². The predicted octanol–water partition coefficient (Wildman–Crippen LogP) is 6.09. The molecule has 0 aliphatic carbocycles. The lowest BCUT2D eigenvalue weighted by Crippen LogP contribution is -2.22. The van der Waals surface area contributed by atoms with Crippen molar-refractivity contribution < 1.29 is 32.2 Å². The van der Waals surface area contributed by atoms with Crippen molar-refractivity contribution in [1.29, 1.82) is 0 Å². The third kappa shape index (κ3) is 6.92. The molecule has 2 amide bonds. The van der Waals surface area contributed by atoms with Crippen LogP contribution in [0, 0.1) is 0 Å². The maximum Gasteiger partial charge on any atom is 0.416 e. The lowest BCUT2D eigenvalue weighted by Gasteiger charge is -2.14. The minimum absolute atomic E-state index is 0.0632. The van der Waals surface area contributed by atoms with Crippen molar-refractivity contribution in [3.8, 4) is 11.5 Å². The molecule has 0 saturated heterocycles. The highest BCUT2D eigenvalue weighted by Gasteiger charge is 2.30. The second-order valence-corrected chi connectivity index (χ2v) is 8.79. The molecule has 0 heterocycles. The Labute approximate surface area is 204 Å². The number of methoxy groups -OCH3 is 2. The van der Waals surface area contributed by atoms with E-state index in [2.05, 4.69) is 10.6 Å². The second-order valence-electron chi connectivity index (χ2n) is 7.38. The molecule has 0 bridgehead atoms. The average Bonchev–Trinajstić information content (AvgIpc) is 2.83. The fraction of sp³-hybridized carbons (Fsp3) is 0.200. The summed E-state index contributed by atoms with van der Waals surface area (Å²) in [5.41, 5.74) is 0.108. The van der Waals surface area contributed by atoms with Crippen LogP contribution in [-0.4, -0.2) is 31.3 Å². The van der Waals surface area contributed by atoms with E-state index in [0.717, 1.165) is 12.1 Å². The number of hydrogen-bond acceptors (Lipinski definition) is 5. The van der Waals surface area contributed by atoms with Crippen LogP contribution >= 0.6 is 11.8 Å². The van der Waals surface area contributed by atoms with Crippen LogP contribution in [0.15, 0.2) is 71.6 Å². The van der Waals surface area contributed by atoms with Gasteiger partial charge in [0.15, 0.2) is 11.5 Å². The zero-order chi connectivity index (χ0) is 25.6. The maximum atomic E-state index is 12.9. The fourth-order valence-electron chi connectivity index (χ4n) is 3.10. The van der Waals surface area contributed by atoms with Crippen molar-refractivity contribution in [3.63, 3.8) is 0 Å². The number of nitrogens with one attached hydrogen (secondary N) is 2. The van der Waals surface area contributed by atoms with Crippen LogP contribution in [0.5, 0.6) is 11.5 Å². The molecule has 3 aromatic rings. The van der Waals surface area contributed by atoms with Gasteiger partial charge in [-0.25, -0.2) is 0 Å². The first-order chi connectivity index (χ1) is 16.6. The first-order valence-electron chi connectivity index (χ1n) is 10.4. The highest BCUT2D eigenvalue weighted by molar-refractivity contribution is 8.00. The van der Waals surface area contributed by atoms with Crippen LogP contribution < -0.4 is 20.1 Å². The number of hydrogen-bond donors (Lipinski definition) is 2. The van der Waals surface area contributed by atoms with E-state index in [0.29, 0.717) is 27.6 Å². The van der Waals surface area contributed by atoms with Crippen LogP contribution in [0.2, 0.25) is 0 Å². The summed E-state index contributed by atoms with van der Waals surface area (Å²) in [5.74, 6) is 0.113. The largest absolute Gasteiger partial charge is 0.493 e. The van der Waals surface area contributed by atoms with Crippen molar-refractivity contribution in [1.82, 2.24) is 0 Å². The van der Waals surface area contributed by atoms with Gasteiger partial charge in [-0.05, 0) is 61.5 Å². The number of alkyl halides is 3. The zero-order valence-corrected chi connectivity index (χ0v) is 19.9. The van der Waals surface area contributed by atoms with Crippen LogP contribution in [0.25, 0.3) is 0 Å². The van der Waals surface area contributed by atoms with E-state index in [9.17, 15) is 22.8 Å². The third-order valence-corrected chi connectivity index (χ3v) is 5.97. The lowest BCUT2D eigenvalue weighted by molar-refractivity contribution is -0.137. The van der Waals surface area contributed by atoms with Crippen LogP contribution in [0.4, 0.5) is 24.5 Å². The van der Waals surface area contributed by atoms with Crippen molar-refractivity contribution in [2.24, 2.45) is 0 Å². The number of halogens is 3. The zero-order valence-electron chi connectivity index (χ0n) is 19.1. The Kier molecular flexibility index (Phi) is 8.29. The van der Waals surface area contributed by atoms with Gasteiger partial charge in [-0.3, -0.25) is 9.59 Å². The Bertz CT molecular complexity index is 1220. The summed E-state index contributed by atoms with van der Waals surface area (Å²) in [6, 6.07) is 16.2. The van der Waals surface area contributed by atoms with Gasteiger partial charge in [-0.15, -0.1) is 11.8 Å². The molecule has 0 aromatic heterocycles. The van der Waals surface area contributed by atoms with Gasteiger partial charge in [-0.2, -0.15) is 13.2 Å². The Morgan fingerprint density at radius 2 is 1.51 bits per heavy atom. The topological polar surface area (TPSA) is 76.7 Å². The first-order valence-corrected chi connectivity index (χ1v) is 11.3. The normalized spacial score (nSPS) is 11.9. The van der Waals surface area contributed by atoms with Crippen molar-refractivity contribution in [2.75, 3.05) is 24.9 Å². The number of amides is 2. The molecule has 6 nitrogen and oxygen atoms in total. The minimum atomic E-state index is -4.50. The van der Waals surface area contributed by atoms with E-state index < -0.39 is 22.9 Å². The Balaban J connectivity index is 1.65. The highest BCUT2D eigenvalue weighted by atomic mass is 32.2. The first kappa shape index (κ1) is 26.0. The summed E-state index contributed by atoms with van der Waals surface area (Å²) in [7, 11) is 2.98. The van der Waals surface area contributed by atoms with Crippen LogP contribution in [-0.2, 0) is 11.0 Å². The van der Waals surface area contributed by atoms with Gasteiger partial charge in [-0.1, -0.05) is 12.1 Å². The molecule has 0 aliphatic rings. The maximum absolute atomic E-state index is 12.9. The lowest BCUT2D eigenvalue weighted by atomic mass is 10.2. The van der Waals surface area contributed by atoms with Gasteiger partial charge in [0, 0.05) is 21.8 Å². The van der Waals surface area contributed by atoms with E-state index in [-0.39, 0.29) is 11.6 Å². The van der Waals surface area contributed by atoms with Crippen molar-refractivity contribution in [3.05, 3.63) is 77.9 Å². The summed E-state index contributed by atoms with van der Waals surface area (Å²) >= 11 is 1.21. The van der Waals surface area contributed by atoms with E-state index in [1.165, 1.54) is 38.1 Å². The summed E-state index contributed by atoms with van der Waals surface area (Å²) < 4.78 is 49.1. The van der Waals surface area contributed by atoms with Gasteiger partial charge in [0.25, 0.3) is 5.91 Å². The highest BCUT2D eigenvalue weighted by Crippen LogP contribution is 2.32. The summed E-state index contributed by atoms with van der Waals surface area (Å²) in [4.78, 5) is 25.9. The van der Waals surface area contributed by atoms with Crippen LogP contribution in [0.1, 0.15) is 22.8 Å². The molecule has 3 aromatic carbocycles. The number of carbonyl (C=O) groups is 2. The molecule has 0 radical (unpaired) electrons. The van der Waals surface area contributed by atoms with Gasteiger partial charge < -0.3 is 20.1 Å². The number of rotatable bonds is 8. The smallest absolute Gasteiger partial charge is 0.416 e. The summed E-state index contributed by atoms with van der Waals surface area (Å²) in [5, 5.41) is 4.70. The molecule has 1 atom stereocenters. The molecule has 10 heteroatoms. The molecule has 0 saturated carbocycles. The molecule has 0 fully saturated rings. The van der Waals surface area contributed by atoms with E-state index >= 15 is 0 Å². The van der Waals surface area contributed by atoms with E-state index in [1.54, 1.807) is 49.4 Å². The number of thioether (sulfide) groups is 1. The summed E-state index contributed by atoms with van der Waals surface area (Å²) in [6.07, 6.45) is -4.50. The SMILES string of the molecule is COc1ccc(C(=O)Nc2cccc(SC(C)C(=O)Nc3cccc(C(F)(F)F)c3)c2)cc1OC. The number of carbonyl (C=O) groups excluding carboxylic acids is 2. The Morgan fingerprint density at radius 1 is 0.857 bits per heavy atom. The van der Waals surface area contributed by atoms with E-state index in [1.807, 2.05) is 0 Å². The molecule has 35 heavy (non-hydrogen) atoms. The molecule has 184 valence electrons. The molecular formula is C25H23F3N2O4S. The third-order valence-electron chi connectivity index (χ3n) is 4.88. The second kappa shape index (κ2) is 11.2. The van der Waals surface area contributed by atoms with Gasteiger partial charge in [0.05, 0.1) is 25.0 Å². The Hall–Kier alpha value is -3.66. The van der Waals surface area contributed by atoms with Crippen molar-refractivity contribution in [2.45, 2.75) is 23.2 Å². The standard InChI is InChI=1S/C25H23F3N2O4S/c1-15(23(31)29-18-7-4-6-17(13-18)25(26,27)28)35-20-9-5-8-19(14-20)30-24(32)16-10-11-21(33-2)22(12-16)34-3/h4-15H,1-3H3,(H,29,31)(H,30,32). The van der Waals surface area contributed by atoms with Crippen molar-refractivity contribution >= 4 is 35.0 Å². The molecule has 0 aliphatic heterocycles. The van der Waals surface area contributed by atoms with Gasteiger partial charge in [0.1, 0.15) is 0 Å². The minimum Gasteiger partial charge on any atom is -0.493 e. The molecule has 2 N–H and O–H groups in total.